The Labute approximate surface area is 263 Å². The molecule has 3 aromatic rings. The summed E-state index contributed by atoms with van der Waals surface area (Å²) in [6.45, 7) is 1.78. The Kier molecular flexibility index (Phi) is 11.6. The molecule has 1 N–H and O–H groups in total. The van der Waals surface area contributed by atoms with Gasteiger partial charge in [0.05, 0.1) is 18.6 Å². The summed E-state index contributed by atoms with van der Waals surface area (Å²) in [5.41, 5.74) is 1.99. The van der Waals surface area contributed by atoms with Crippen LogP contribution < -0.4 is 14.4 Å². The van der Waals surface area contributed by atoms with Crippen molar-refractivity contribution in [2.45, 2.75) is 64.1 Å². The minimum absolute atomic E-state index is 0.0490. The molecule has 1 saturated carbocycles. The first-order valence-electron chi connectivity index (χ1n) is 14.7. The smallest absolute Gasteiger partial charge is 0.244 e. The largest absolute Gasteiger partial charge is 0.492 e. The van der Waals surface area contributed by atoms with Crippen LogP contribution in [0.25, 0.3) is 0 Å². The summed E-state index contributed by atoms with van der Waals surface area (Å²) in [5, 5.41) is 3.22. The maximum absolute atomic E-state index is 14.3. The van der Waals surface area contributed by atoms with E-state index >= 15 is 0 Å². The Hall–Kier alpha value is -3.37. The van der Waals surface area contributed by atoms with Gasteiger partial charge in [0.1, 0.15) is 18.3 Å². The second-order valence-corrected chi connectivity index (χ2v) is 13.7. The first-order chi connectivity index (χ1) is 20.7. The lowest BCUT2D eigenvalue weighted by Gasteiger charge is -2.35. The molecule has 10 heteroatoms. The van der Waals surface area contributed by atoms with Crippen LogP contribution in [0, 0.1) is 0 Å². The minimum Gasteiger partial charge on any atom is -0.492 e. The van der Waals surface area contributed by atoms with E-state index in [0.29, 0.717) is 12.4 Å². The number of nitrogens with zero attached hydrogens (tertiary/aromatic N) is 2. The third-order valence-electron chi connectivity index (χ3n) is 7.58. The molecule has 1 aliphatic rings. The molecule has 43 heavy (non-hydrogen) atoms. The maximum atomic E-state index is 14.3. The topological polar surface area (TPSA) is 96.0 Å². The molecule has 0 heterocycles. The number of halogens is 1. The molecule has 8 nitrogen and oxygen atoms in total. The lowest BCUT2D eigenvalue weighted by molar-refractivity contribution is -0.140. The van der Waals surface area contributed by atoms with E-state index in [4.69, 9.17) is 4.74 Å². The highest BCUT2D eigenvalue weighted by molar-refractivity contribution is 9.10. The lowest BCUT2D eigenvalue weighted by Crippen LogP contribution is -2.55. The van der Waals surface area contributed by atoms with Crippen molar-refractivity contribution < 1.29 is 22.7 Å². The van der Waals surface area contributed by atoms with Gasteiger partial charge in [-0.1, -0.05) is 89.8 Å². The summed E-state index contributed by atoms with van der Waals surface area (Å²) in [5.74, 6) is -0.367. The zero-order valence-electron chi connectivity index (χ0n) is 24.7. The molecule has 4 rings (SSSR count). The number of carbonyl (C=O) groups excluding carboxylic acids is 2. The van der Waals surface area contributed by atoms with E-state index in [9.17, 15) is 18.0 Å². The van der Waals surface area contributed by atoms with Crippen molar-refractivity contribution in [3.05, 3.63) is 94.5 Å². The number of nitrogens with one attached hydrogen (secondary N) is 1. The Morgan fingerprint density at radius 3 is 2.30 bits per heavy atom. The number of benzene rings is 3. The quantitative estimate of drug-likeness (QED) is 0.252. The van der Waals surface area contributed by atoms with Gasteiger partial charge in [-0.3, -0.25) is 13.9 Å². The normalized spacial score (nSPS) is 14.5. The molecule has 0 radical (unpaired) electrons. The number of rotatable bonds is 13. The lowest BCUT2D eigenvalue weighted by atomic mass is 9.94. The molecule has 1 aliphatic carbocycles. The third-order valence-corrected chi connectivity index (χ3v) is 9.20. The molecule has 0 bridgehead atoms. The summed E-state index contributed by atoms with van der Waals surface area (Å²) in [4.78, 5) is 29.9. The fourth-order valence-electron chi connectivity index (χ4n) is 5.47. The molecule has 1 atom stereocenters. The van der Waals surface area contributed by atoms with Gasteiger partial charge in [-0.15, -0.1) is 0 Å². The first-order valence-corrected chi connectivity index (χ1v) is 17.4. The number of para-hydroxylation sites is 2. The van der Waals surface area contributed by atoms with E-state index in [0.717, 1.165) is 58.3 Å². The number of hydrogen-bond acceptors (Lipinski definition) is 5. The average molecular weight is 671 g/mol. The average Bonchev–Trinajstić information content (AvgIpc) is 2.98. The van der Waals surface area contributed by atoms with Gasteiger partial charge >= 0.3 is 0 Å². The van der Waals surface area contributed by atoms with Crippen molar-refractivity contribution in [2.75, 3.05) is 23.7 Å². The molecule has 0 aliphatic heterocycles. The van der Waals surface area contributed by atoms with Crippen LogP contribution in [-0.4, -0.2) is 56.6 Å². The van der Waals surface area contributed by atoms with Crippen LogP contribution in [0.1, 0.15) is 50.2 Å². The Balaban J connectivity index is 1.74. The highest BCUT2D eigenvalue weighted by Crippen LogP contribution is 2.30. The summed E-state index contributed by atoms with van der Waals surface area (Å²) >= 11 is 3.51. The van der Waals surface area contributed by atoms with Gasteiger partial charge in [0, 0.05) is 23.5 Å². The molecule has 1 fully saturated rings. The van der Waals surface area contributed by atoms with Crippen LogP contribution in [0.5, 0.6) is 5.75 Å². The van der Waals surface area contributed by atoms with Crippen molar-refractivity contribution in [2.24, 2.45) is 0 Å². The van der Waals surface area contributed by atoms with Gasteiger partial charge in [0.2, 0.25) is 21.8 Å². The van der Waals surface area contributed by atoms with Crippen molar-refractivity contribution in [1.82, 2.24) is 10.2 Å². The van der Waals surface area contributed by atoms with E-state index in [1.54, 1.807) is 24.3 Å². The predicted molar refractivity (Wildman–Crippen MR) is 173 cm³/mol. The number of hydrogen-bond donors (Lipinski definition) is 1. The summed E-state index contributed by atoms with van der Waals surface area (Å²) < 4.78 is 33.9. The highest BCUT2D eigenvalue weighted by atomic mass is 79.9. The molecule has 230 valence electrons. The van der Waals surface area contributed by atoms with E-state index in [1.165, 1.54) is 4.90 Å². The molecule has 0 spiro atoms. The van der Waals surface area contributed by atoms with Gasteiger partial charge in [0.25, 0.3) is 0 Å². The number of carbonyl (C=O) groups is 2. The Morgan fingerprint density at radius 1 is 0.953 bits per heavy atom. The maximum Gasteiger partial charge on any atom is 0.244 e. The zero-order chi connectivity index (χ0) is 30.8. The van der Waals surface area contributed by atoms with Crippen LogP contribution >= 0.6 is 15.9 Å². The Bertz CT molecular complexity index is 1480. The standard InChI is InChI=1S/C33H40BrN3O5S/c1-3-42-31-20-11-10-19-29(31)37(43(2,40)41)24-32(38)36(23-26-15-12-16-27(34)21-26)30(22-25-13-6-4-7-14-25)33(39)35-28-17-8-5-9-18-28/h4,6-7,10-16,19-21,28,30H,3,5,8-9,17-18,22-24H2,1-2H3,(H,35,39)/t30-/m1/s1. The third kappa shape index (κ3) is 9.31. The molecule has 3 aromatic carbocycles. The van der Waals surface area contributed by atoms with E-state index in [2.05, 4.69) is 21.2 Å². The van der Waals surface area contributed by atoms with Crippen LogP contribution in [0.15, 0.2) is 83.3 Å². The van der Waals surface area contributed by atoms with Gasteiger partial charge in [0.15, 0.2) is 0 Å². The SMILES string of the molecule is CCOc1ccccc1N(CC(=O)N(Cc1cccc(Br)c1)[C@H](Cc1ccccc1)C(=O)NC1CCCCC1)S(C)(=O)=O. The molecule has 2 amide bonds. The Morgan fingerprint density at radius 2 is 1.63 bits per heavy atom. The second-order valence-electron chi connectivity index (χ2n) is 10.9. The summed E-state index contributed by atoms with van der Waals surface area (Å²) in [6, 6.07) is 23.1. The zero-order valence-corrected chi connectivity index (χ0v) is 27.1. The highest BCUT2D eigenvalue weighted by Gasteiger charge is 2.34. The number of sulfonamides is 1. The van der Waals surface area contributed by atoms with Crippen LogP contribution in [0.2, 0.25) is 0 Å². The number of anilines is 1. The van der Waals surface area contributed by atoms with Gasteiger partial charge in [-0.2, -0.15) is 0 Å². The van der Waals surface area contributed by atoms with Crippen LogP contribution in [0.3, 0.4) is 0 Å². The van der Waals surface area contributed by atoms with Crippen molar-refractivity contribution in [3.8, 4) is 5.75 Å². The summed E-state index contributed by atoms with van der Waals surface area (Å²) in [7, 11) is -3.90. The molecule has 0 saturated heterocycles. The van der Waals surface area contributed by atoms with Crippen molar-refractivity contribution in [1.29, 1.82) is 0 Å². The van der Waals surface area contributed by atoms with E-state index in [-0.39, 0.29) is 30.6 Å². The monoisotopic (exact) mass is 669 g/mol. The molecule has 0 aromatic heterocycles. The fraction of sp³-hybridized carbons (Fsp3) is 0.394. The first kappa shape index (κ1) is 32.5. The second kappa shape index (κ2) is 15.4. The molecule has 0 unspecified atom stereocenters. The van der Waals surface area contributed by atoms with Crippen LogP contribution in [-0.2, 0) is 32.6 Å². The predicted octanol–water partition coefficient (Wildman–Crippen LogP) is 5.70. The van der Waals surface area contributed by atoms with Gasteiger partial charge in [-0.25, -0.2) is 8.42 Å². The molecular formula is C33H40BrN3O5S. The fourth-order valence-corrected chi connectivity index (χ4v) is 6.77. The van der Waals surface area contributed by atoms with Gasteiger partial charge < -0.3 is 15.0 Å². The van der Waals surface area contributed by atoms with Crippen molar-refractivity contribution in [3.63, 3.8) is 0 Å². The van der Waals surface area contributed by atoms with E-state index < -0.39 is 28.5 Å². The molecular weight excluding hydrogens is 630 g/mol. The number of ether oxygens (including phenoxy) is 1. The van der Waals surface area contributed by atoms with Crippen molar-refractivity contribution >= 4 is 43.5 Å². The minimum atomic E-state index is -3.90. The van der Waals surface area contributed by atoms with Gasteiger partial charge in [-0.05, 0) is 55.2 Å². The van der Waals surface area contributed by atoms with Crippen LogP contribution in [0.4, 0.5) is 5.69 Å². The van der Waals surface area contributed by atoms with E-state index in [1.807, 2.05) is 61.5 Å². The summed E-state index contributed by atoms with van der Waals surface area (Å²) in [6.07, 6.45) is 6.41. The number of amides is 2.